The van der Waals surface area contributed by atoms with Crippen molar-refractivity contribution >= 4 is 16.9 Å². The maximum atomic E-state index is 13.0. The normalized spacial score (nSPS) is 22.1. The Kier molecular flexibility index (Phi) is 4.36. The molecule has 0 radical (unpaired) electrons. The van der Waals surface area contributed by atoms with Gasteiger partial charge in [-0.2, -0.15) is 0 Å². The molecule has 1 amide bonds. The number of rotatable bonds is 5. The highest BCUT2D eigenvalue weighted by Crippen LogP contribution is 2.40. The van der Waals surface area contributed by atoms with Gasteiger partial charge >= 0.3 is 0 Å². The number of likely N-dealkylation sites (tertiary alicyclic amines) is 1. The third-order valence-corrected chi connectivity index (χ3v) is 5.88. The maximum absolute atomic E-state index is 13.0. The molecule has 2 fully saturated rings. The van der Waals surface area contributed by atoms with E-state index in [4.69, 9.17) is 4.98 Å². The van der Waals surface area contributed by atoms with E-state index in [0.717, 1.165) is 35.4 Å². The molecule has 2 aromatic heterocycles. The summed E-state index contributed by atoms with van der Waals surface area (Å²) in [4.78, 5) is 24.0. The fourth-order valence-corrected chi connectivity index (χ4v) is 4.19. The lowest BCUT2D eigenvalue weighted by Gasteiger charge is -2.18. The number of amides is 1. The highest BCUT2D eigenvalue weighted by atomic mass is 16.3. The van der Waals surface area contributed by atoms with Gasteiger partial charge in [0, 0.05) is 36.8 Å². The number of carbonyl (C=O) groups is 1. The number of aliphatic hydroxyl groups excluding tert-OH is 1. The van der Waals surface area contributed by atoms with Gasteiger partial charge in [-0.1, -0.05) is 18.2 Å². The van der Waals surface area contributed by atoms with Crippen molar-refractivity contribution in [2.75, 3.05) is 13.1 Å². The molecule has 5 rings (SSSR count). The number of para-hydroxylation sites is 2. The predicted molar refractivity (Wildman–Crippen MR) is 106 cm³/mol. The second kappa shape index (κ2) is 7.02. The molecule has 1 saturated carbocycles. The Balaban J connectivity index is 1.32. The summed E-state index contributed by atoms with van der Waals surface area (Å²) in [5.41, 5.74) is 2.92. The van der Waals surface area contributed by atoms with E-state index in [1.807, 2.05) is 42.5 Å². The number of aliphatic hydroxyl groups is 1. The molecule has 1 aliphatic carbocycles. The number of nitrogens with zero attached hydrogens (tertiary/aromatic N) is 4. The van der Waals surface area contributed by atoms with Gasteiger partial charge in [-0.25, -0.2) is 4.98 Å². The molecular weight excluding hydrogens is 352 g/mol. The Hall–Kier alpha value is -2.73. The van der Waals surface area contributed by atoms with Crippen LogP contribution in [0, 0.1) is 5.92 Å². The van der Waals surface area contributed by atoms with Crippen molar-refractivity contribution in [3.05, 3.63) is 60.2 Å². The molecule has 6 heteroatoms. The molecule has 3 aromatic rings. The summed E-state index contributed by atoms with van der Waals surface area (Å²) in [6.07, 6.45) is 4.24. The van der Waals surface area contributed by atoms with Gasteiger partial charge in [-0.3, -0.25) is 9.78 Å². The first-order valence-electron chi connectivity index (χ1n) is 10.00. The van der Waals surface area contributed by atoms with E-state index in [-0.39, 0.29) is 18.4 Å². The molecule has 6 nitrogen and oxygen atoms in total. The van der Waals surface area contributed by atoms with Crippen molar-refractivity contribution in [3.8, 4) is 0 Å². The topological polar surface area (TPSA) is 71.2 Å². The number of pyridine rings is 1. The van der Waals surface area contributed by atoms with Crippen LogP contribution in [0.15, 0.2) is 48.7 Å². The molecule has 28 heavy (non-hydrogen) atoms. The number of imidazole rings is 1. The molecule has 1 aliphatic heterocycles. The van der Waals surface area contributed by atoms with Gasteiger partial charge in [0.15, 0.2) is 0 Å². The lowest BCUT2D eigenvalue weighted by Crippen LogP contribution is -2.33. The Morgan fingerprint density at radius 2 is 1.93 bits per heavy atom. The van der Waals surface area contributed by atoms with Gasteiger partial charge in [-0.05, 0) is 43.5 Å². The summed E-state index contributed by atoms with van der Waals surface area (Å²) in [7, 11) is 0. The molecule has 3 heterocycles. The number of carbonyl (C=O) groups excluding carboxylic acids is 1. The third-order valence-electron chi connectivity index (χ3n) is 5.88. The quantitative estimate of drug-likeness (QED) is 0.742. The van der Waals surface area contributed by atoms with Gasteiger partial charge in [0.1, 0.15) is 12.4 Å². The first-order chi connectivity index (χ1) is 13.7. The summed E-state index contributed by atoms with van der Waals surface area (Å²) >= 11 is 0. The molecule has 0 spiro atoms. The standard InChI is InChI=1S/C22H24N4O2/c27-20-13-25(12-16(20)11-17-5-3-4-10-23-17)21(28)14-26-19-7-2-1-6-18(19)24-22(26)15-8-9-15/h1-7,10,15-16,20,27H,8-9,11-14H2/t16-,20-/m1/s1. The van der Waals surface area contributed by atoms with Crippen molar-refractivity contribution < 1.29 is 9.90 Å². The minimum atomic E-state index is -0.506. The second-order valence-electron chi connectivity index (χ2n) is 7.97. The number of aromatic nitrogens is 3. The fraction of sp³-hybridized carbons (Fsp3) is 0.409. The summed E-state index contributed by atoms with van der Waals surface area (Å²) in [6, 6.07) is 13.8. The molecule has 0 unspecified atom stereocenters. The SMILES string of the molecule is O=C(Cn1c(C2CC2)nc2ccccc21)N1C[C@@H](Cc2ccccn2)[C@H](O)C1. The molecule has 144 valence electrons. The van der Waals surface area contributed by atoms with Crippen LogP contribution in [0.5, 0.6) is 0 Å². The van der Waals surface area contributed by atoms with Crippen molar-refractivity contribution in [1.82, 2.24) is 19.4 Å². The van der Waals surface area contributed by atoms with Crippen molar-refractivity contribution in [2.24, 2.45) is 5.92 Å². The van der Waals surface area contributed by atoms with Crippen molar-refractivity contribution in [3.63, 3.8) is 0 Å². The fourth-order valence-electron chi connectivity index (χ4n) is 4.19. The van der Waals surface area contributed by atoms with Crippen LogP contribution < -0.4 is 0 Å². The number of fused-ring (bicyclic) bond motifs is 1. The van der Waals surface area contributed by atoms with Crippen LogP contribution in [0.2, 0.25) is 0 Å². The van der Waals surface area contributed by atoms with Crippen LogP contribution in [-0.4, -0.2) is 49.6 Å². The number of benzene rings is 1. The smallest absolute Gasteiger partial charge is 0.242 e. The molecule has 0 bridgehead atoms. The number of β-amino-alcohol motifs (C(OH)–C–C–N with tert-alkyl or cyclic N) is 1. The lowest BCUT2D eigenvalue weighted by molar-refractivity contribution is -0.131. The van der Waals surface area contributed by atoms with E-state index in [1.54, 1.807) is 11.1 Å². The summed E-state index contributed by atoms with van der Waals surface area (Å²) < 4.78 is 2.08. The van der Waals surface area contributed by atoms with Crippen LogP contribution in [0.1, 0.15) is 30.3 Å². The predicted octanol–water partition coefficient (Wildman–Crippen LogP) is 2.37. The Bertz CT molecular complexity index is 996. The zero-order chi connectivity index (χ0) is 19.1. The maximum Gasteiger partial charge on any atom is 0.242 e. The molecule has 1 N–H and O–H groups in total. The first kappa shape index (κ1) is 17.4. The van der Waals surface area contributed by atoms with E-state index >= 15 is 0 Å². The summed E-state index contributed by atoms with van der Waals surface area (Å²) in [5, 5.41) is 10.5. The van der Waals surface area contributed by atoms with Crippen molar-refractivity contribution in [1.29, 1.82) is 0 Å². The van der Waals surface area contributed by atoms with Crippen LogP contribution >= 0.6 is 0 Å². The van der Waals surface area contributed by atoms with Gasteiger partial charge in [0.25, 0.3) is 0 Å². The third kappa shape index (κ3) is 3.29. The van der Waals surface area contributed by atoms with Gasteiger partial charge in [0.2, 0.25) is 5.91 Å². The van der Waals surface area contributed by atoms with E-state index in [0.29, 0.717) is 25.4 Å². The Morgan fingerprint density at radius 3 is 2.71 bits per heavy atom. The number of hydrogen-bond donors (Lipinski definition) is 1. The molecule has 1 aromatic carbocycles. The lowest BCUT2D eigenvalue weighted by atomic mass is 10.00. The minimum absolute atomic E-state index is 0.0290. The van der Waals surface area contributed by atoms with Crippen LogP contribution in [0.3, 0.4) is 0 Å². The molecule has 1 saturated heterocycles. The zero-order valence-corrected chi connectivity index (χ0v) is 15.7. The molecule has 2 aliphatic rings. The van der Waals surface area contributed by atoms with Crippen LogP contribution in [-0.2, 0) is 17.8 Å². The Labute approximate surface area is 163 Å². The van der Waals surface area contributed by atoms with Crippen LogP contribution in [0.25, 0.3) is 11.0 Å². The summed E-state index contributed by atoms with van der Waals surface area (Å²) in [5.74, 6) is 1.58. The zero-order valence-electron chi connectivity index (χ0n) is 15.7. The van der Waals surface area contributed by atoms with E-state index in [1.165, 1.54) is 0 Å². The van der Waals surface area contributed by atoms with Crippen LogP contribution in [0.4, 0.5) is 0 Å². The average molecular weight is 376 g/mol. The van der Waals surface area contributed by atoms with E-state index in [9.17, 15) is 9.90 Å². The number of hydrogen-bond acceptors (Lipinski definition) is 4. The second-order valence-corrected chi connectivity index (χ2v) is 7.97. The monoisotopic (exact) mass is 376 g/mol. The average Bonchev–Trinajstić information content (AvgIpc) is 3.41. The summed E-state index contributed by atoms with van der Waals surface area (Å²) in [6.45, 7) is 1.25. The van der Waals surface area contributed by atoms with Gasteiger partial charge < -0.3 is 14.6 Å². The van der Waals surface area contributed by atoms with E-state index < -0.39 is 6.10 Å². The minimum Gasteiger partial charge on any atom is -0.391 e. The Morgan fingerprint density at radius 1 is 1.11 bits per heavy atom. The highest BCUT2D eigenvalue weighted by Gasteiger charge is 2.35. The van der Waals surface area contributed by atoms with E-state index in [2.05, 4.69) is 9.55 Å². The largest absolute Gasteiger partial charge is 0.391 e. The molecular formula is C22H24N4O2. The first-order valence-corrected chi connectivity index (χ1v) is 10.00. The van der Waals surface area contributed by atoms with Gasteiger partial charge in [-0.15, -0.1) is 0 Å². The highest BCUT2D eigenvalue weighted by molar-refractivity contribution is 5.81. The molecule has 2 atom stereocenters. The van der Waals surface area contributed by atoms with Crippen molar-refractivity contribution in [2.45, 2.75) is 37.8 Å². The van der Waals surface area contributed by atoms with Gasteiger partial charge in [0.05, 0.1) is 17.1 Å².